The van der Waals surface area contributed by atoms with Crippen molar-refractivity contribution in [2.24, 2.45) is 16.6 Å². The molecule has 28 heavy (non-hydrogen) atoms. The predicted molar refractivity (Wildman–Crippen MR) is 117 cm³/mol. The molecule has 0 spiro atoms. The lowest BCUT2D eigenvalue weighted by Crippen LogP contribution is -2.39. The summed E-state index contributed by atoms with van der Waals surface area (Å²) in [6.07, 6.45) is 3.20. The number of nitrogens with zero attached hydrogens (tertiary/aromatic N) is 2. The Balaban J connectivity index is 1.81. The molecule has 1 amide bonds. The number of hydrogen-bond donors (Lipinski definition) is 2. The van der Waals surface area contributed by atoms with Crippen molar-refractivity contribution in [2.75, 3.05) is 18.4 Å². The minimum Gasteiger partial charge on any atom is -0.390 e. The Bertz CT molecular complexity index is 937. The van der Waals surface area contributed by atoms with Crippen LogP contribution in [0, 0.1) is 5.92 Å². The SMILES string of the molecule is C=C(Nc1ccc2ccccc2c1)/C(C)=C(\N=C/N)C(=O)N1CCC(C)CC1. The summed E-state index contributed by atoms with van der Waals surface area (Å²) in [6.45, 7) is 9.69. The van der Waals surface area contributed by atoms with E-state index in [0.717, 1.165) is 37.0 Å². The van der Waals surface area contributed by atoms with Gasteiger partial charge in [0.25, 0.3) is 5.91 Å². The molecule has 3 rings (SSSR count). The first-order chi connectivity index (χ1) is 13.5. The van der Waals surface area contributed by atoms with Gasteiger partial charge in [-0.25, -0.2) is 4.99 Å². The number of fused-ring (bicyclic) bond motifs is 1. The molecule has 1 saturated heterocycles. The van der Waals surface area contributed by atoms with Crippen molar-refractivity contribution in [3.05, 3.63) is 66.0 Å². The van der Waals surface area contributed by atoms with Crippen LogP contribution in [0.1, 0.15) is 26.7 Å². The number of allylic oxidation sites excluding steroid dienone is 1. The average Bonchev–Trinajstić information content (AvgIpc) is 2.71. The van der Waals surface area contributed by atoms with E-state index in [4.69, 9.17) is 5.73 Å². The van der Waals surface area contributed by atoms with Crippen LogP contribution in [0.3, 0.4) is 0 Å². The lowest BCUT2D eigenvalue weighted by Gasteiger charge is -2.30. The molecule has 2 aromatic rings. The molecule has 0 bridgehead atoms. The molecule has 0 atom stereocenters. The lowest BCUT2D eigenvalue weighted by molar-refractivity contribution is -0.128. The molecule has 5 heteroatoms. The van der Waals surface area contributed by atoms with E-state index < -0.39 is 0 Å². The van der Waals surface area contributed by atoms with Gasteiger partial charge in [0.2, 0.25) is 0 Å². The Morgan fingerprint density at radius 2 is 1.89 bits per heavy atom. The number of hydrogen-bond acceptors (Lipinski definition) is 3. The zero-order valence-corrected chi connectivity index (χ0v) is 16.6. The van der Waals surface area contributed by atoms with Gasteiger partial charge in [-0.1, -0.05) is 43.8 Å². The summed E-state index contributed by atoms with van der Waals surface area (Å²) in [5.74, 6) is 0.563. The second-order valence-corrected chi connectivity index (χ2v) is 7.39. The molecule has 1 aliphatic rings. The zero-order chi connectivity index (χ0) is 20.1. The van der Waals surface area contributed by atoms with Crippen LogP contribution in [0.4, 0.5) is 5.69 Å². The zero-order valence-electron chi connectivity index (χ0n) is 16.6. The van der Waals surface area contributed by atoms with Crippen LogP contribution in [0.25, 0.3) is 10.8 Å². The third-order valence-corrected chi connectivity index (χ3v) is 5.33. The van der Waals surface area contributed by atoms with Crippen LogP contribution in [-0.4, -0.2) is 30.2 Å². The maximum Gasteiger partial charge on any atom is 0.272 e. The first kappa shape index (κ1) is 19.7. The van der Waals surface area contributed by atoms with E-state index in [-0.39, 0.29) is 5.91 Å². The molecule has 5 nitrogen and oxygen atoms in total. The van der Waals surface area contributed by atoms with E-state index in [1.165, 1.54) is 11.7 Å². The fraction of sp³-hybridized carbons (Fsp3) is 0.304. The molecule has 1 fully saturated rings. The normalized spacial score (nSPS) is 16.3. The molecule has 1 aliphatic heterocycles. The molecular formula is C23H28N4O. The molecule has 1 heterocycles. The maximum atomic E-state index is 13.0. The Kier molecular flexibility index (Phi) is 6.14. The van der Waals surface area contributed by atoms with Gasteiger partial charge in [0.15, 0.2) is 0 Å². The van der Waals surface area contributed by atoms with Crippen LogP contribution in [0.15, 0.2) is 71.0 Å². The highest BCUT2D eigenvalue weighted by Crippen LogP contribution is 2.24. The van der Waals surface area contributed by atoms with Crippen LogP contribution in [-0.2, 0) is 4.79 Å². The molecule has 0 radical (unpaired) electrons. The minimum absolute atomic E-state index is 0.0902. The number of carbonyl (C=O) groups is 1. The van der Waals surface area contributed by atoms with Crippen LogP contribution >= 0.6 is 0 Å². The summed E-state index contributed by atoms with van der Waals surface area (Å²) in [6, 6.07) is 14.3. The largest absolute Gasteiger partial charge is 0.390 e. The maximum absolute atomic E-state index is 13.0. The van der Waals surface area contributed by atoms with E-state index in [1.54, 1.807) is 0 Å². The summed E-state index contributed by atoms with van der Waals surface area (Å²) in [4.78, 5) is 19.0. The summed E-state index contributed by atoms with van der Waals surface area (Å²) < 4.78 is 0. The highest BCUT2D eigenvalue weighted by molar-refractivity contribution is 5.96. The minimum atomic E-state index is -0.0902. The molecule has 0 aromatic heterocycles. The van der Waals surface area contributed by atoms with Gasteiger partial charge in [0.05, 0.1) is 6.34 Å². The number of anilines is 1. The van der Waals surface area contributed by atoms with Crippen molar-refractivity contribution in [1.82, 2.24) is 4.90 Å². The number of likely N-dealkylation sites (tertiary alicyclic amines) is 1. The van der Waals surface area contributed by atoms with Gasteiger partial charge in [0.1, 0.15) is 5.70 Å². The quantitative estimate of drug-likeness (QED) is 0.354. The summed E-state index contributed by atoms with van der Waals surface area (Å²) in [5, 5.41) is 5.61. The van der Waals surface area contributed by atoms with Gasteiger partial charge in [0, 0.05) is 30.0 Å². The van der Waals surface area contributed by atoms with Gasteiger partial charge >= 0.3 is 0 Å². The fourth-order valence-electron chi connectivity index (χ4n) is 3.43. The highest BCUT2D eigenvalue weighted by atomic mass is 16.2. The Labute approximate surface area is 166 Å². The van der Waals surface area contributed by atoms with E-state index in [0.29, 0.717) is 22.9 Å². The van der Waals surface area contributed by atoms with Crippen LogP contribution in [0.2, 0.25) is 0 Å². The summed E-state index contributed by atoms with van der Waals surface area (Å²) >= 11 is 0. The van der Waals surface area contributed by atoms with Gasteiger partial charge in [-0.05, 0) is 48.6 Å². The Morgan fingerprint density at radius 3 is 2.57 bits per heavy atom. The van der Waals surface area contributed by atoms with Gasteiger partial charge in [-0.15, -0.1) is 0 Å². The van der Waals surface area contributed by atoms with Crippen molar-refractivity contribution in [1.29, 1.82) is 0 Å². The smallest absolute Gasteiger partial charge is 0.272 e. The molecule has 3 N–H and O–H groups in total. The first-order valence-electron chi connectivity index (χ1n) is 9.69. The molecular weight excluding hydrogens is 348 g/mol. The van der Waals surface area contributed by atoms with Crippen LogP contribution < -0.4 is 11.1 Å². The number of nitrogens with two attached hydrogens (primary N) is 1. The number of amides is 1. The number of rotatable bonds is 5. The van der Waals surface area contributed by atoms with Crippen molar-refractivity contribution >= 4 is 28.7 Å². The van der Waals surface area contributed by atoms with Crippen LogP contribution in [0.5, 0.6) is 0 Å². The second kappa shape index (κ2) is 8.74. The van der Waals surface area contributed by atoms with E-state index in [2.05, 4.69) is 48.1 Å². The lowest BCUT2D eigenvalue weighted by atomic mass is 9.98. The monoisotopic (exact) mass is 376 g/mol. The third kappa shape index (κ3) is 4.42. The molecule has 0 unspecified atom stereocenters. The average molecular weight is 377 g/mol. The molecule has 146 valence electrons. The number of nitrogens with one attached hydrogen (secondary N) is 1. The number of benzene rings is 2. The fourth-order valence-corrected chi connectivity index (χ4v) is 3.43. The number of carbonyl (C=O) groups excluding carboxylic acids is 1. The Morgan fingerprint density at radius 1 is 1.21 bits per heavy atom. The van der Waals surface area contributed by atoms with E-state index in [1.807, 2.05) is 30.0 Å². The van der Waals surface area contributed by atoms with Gasteiger partial charge in [-0.3, -0.25) is 4.79 Å². The topological polar surface area (TPSA) is 70.7 Å². The summed E-state index contributed by atoms with van der Waals surface area (Å²) in [7, 11) is 0. The Hall–Kier alpha value is -3.08. The highest BCUT2D eigenvalue weighted by Gasteiger charge is 2.24. The van der Waals surface area contributed by atoms with Gasteiger partial charge in [-0.2, -0.15) is 0 Å². The number of aliphatic imine (C=N–C) groups is 1. The van der Waals surface area contributed by atoms with Crippen molar-refractivity contribution in [3.8, 4) is 0 Å². The van der Waals surface area contributed by atoms with Crippen molar-refractivity contribution < 1.29 is 4.79 Å². The predicted octanol–water partition coefficient (Wildman–Crippen LogP) is 4.28. The van der Waals surface area contributed by atoms with Crippen molar-refractivity contribution in [2.45, 2.75) is 26.7 Å². The molecule has 2 aromatic carbocycles. The van der Waals surface area contributed by atoms with Gasteiger partial charge < -0.3 is 16.0 Å². The third-order valence-electron chi connectivity index (χ3n) is 5.33. The van der Waals surface area contributed by atoms with Crippen molar-refractivity contribution in [3.63, 3.8) is 0 Å². The molecule has 0 aliphatic carbocycles. The van der Waals surface area contributed by atoms with E-state index >= 15 is 0 Å². The van der Waals surface area contributed by atoms with E-state index in [9.17, 15) is 4.79 Å². The summed E-state index contributed by atoms with van der Waals surface area (Å²) in [5.41, 5.74) is 8.11. The molecule has 0 saturated carbocycles. The standard InChI is InChI=1S/C23H28N4O/c1-16-10-12-27(13-11-16)23(28)22(25-15-24)17(2)18(3)26-21-9-8-19-6-4-5-7-20(19)14-21/h4-9,14-16,26H,3,10-13H2,1-2H3,(H2,24,25)/b22-17-. The first-order valence-corrected chi connectivity index (χ1v) is 9.69. The second-order valence-electron chi connectivity index (χ2n) is 7.39. The number of piperidine rings is 1.